The maximum absolute atomic E-state index is 12.7. The van der Waals surface area contributed by atoms with Gasteiger partial charge in [0.1, 0.15) is 5.69 Å². The molecule has 0 saturated heterocycles. The van der Waals surface area contributed by atoms with E-state index in [0.29, 0.717) is 13.1 Å². The van der Waals surface area contributed by atoms with Gasteiger partial charge in [-0.25, -0.2) is 4.79 Å². The maximum Gasteiger partial charge on any atom is 0.322 e. The van der Waals surface area contributed by atoms with Gasteiger partial charge in [0.05, 0.1) is 6.04 Å². The van der Waals surface area contributed by atoms with Crippen LogP contribution in [-0.4, -0.2) is 28.6 Å². The van der Waals surface area contributed by atoms with E-state index in [1.807, 2.05) is 31.2 Å². The fourth-order valence-electron chi connectivity index (χ4n) is 3.16. The third-order valence-electron chi connectivity index (χ3n) is 4.69. The fourth-order valence-corrected chi connectivity index (χ4v) is 3.16. The molecule has 0 bridgehead atoms. The molecule has 6 nitrogen and oxygen atoms in total. The summed E-state index contributed by atoms with van der Waals surface area (Å²) in [5, 5.41) is 2.74. The number of fused-ring (bicyclic) bond motifs is 1. The topological polar surface area (TPSA) is 80.4 Å². The standard InChI is InChI=1S/C18H22N4O2/c1-12-7-8-15(17(23)21(12)2)20-18(24)22-10-9-13-5-3-4-6-14(13)16(22)11-19/h3-8,16H,9-11,19H2,1-2H3,(H,20,24). The number of hydrogen-bond acceptors (Lipinski definition) is 3. The quantitative estimate of drug-likeness (QED) is 0.883. The summed E-state index contributed by atoms with van der Waals surface area (Å²) in [5.74, 6) is 0. The molecule has 0 aliphatic carbocycles. The number of carbonyl (C=O) groups excluding carboxylic acids is 1. The third kappa shape index (κ3) is 2.80. The largest absolute Gasteiger partial charge is 0.328 e. The minimum atomic E-state index is -0.291. The van der Waals surface area contributed by atoms with E-state index in [0.717, 1.165) is 17.7 Å². The molecule has 6 heteroatoms. The van der Waals surface area contributed by atoms with Crippen molar-refractivity contribution >= 4 is 11.7 Å². The van der Waals surface area contributed by atoms with E-state index < -0.39 is 0 Å². The number of nitrogens with one attached hydrogen (secondary N) is 1. The van der Waals surface area contributed by atoms with Gasteiger partial charge >= 0.3 is 6.03 Å². The molecule has 3 N–H and O–H groups in total. The van der Waals surface area contributed by atoms with E-state index >= 15 is 0 Å². The number of nitrogens with two attached hydrogens (primary N) is 1. The van der Waals surface area contributed by atoms with Crippen molar-refractivity contribution in [3.8, 4) is 0 Å². The SMILES string of the molecule is Cc1ccc(NC(=O)N2CCc3ccccc3C2CN)c(=O)n1C. The zero-order valence-corrected chi connectivity index (χ0v) is 14.0. The van der Waals surface area contributed by atoms with Gasteiger partial charge in [0.25, 0.3) is 5.56 Å². The van der Waals surface area contributed by atoms with Crippen LogP contribution >= 0.6 is 0 Å². The van der Waals surface area contributed by atoms with Crippen LogP contribution in [0.25, 0.3) is 0 Å². The number of aryl methyl sites for hydroxylation is 1. The van der Waals surface area contributed by atoms with E-state index in [4.69, 9.17) is 5.73 Å². The Kier molecular flexibility index (Phi) is 4.40. The second-order valence-electron chi connectivity index (χ2n) is 6.08. The fraction of sp³-hybridized carbons (Fsp3) is 0.333. The molecular formula is C18H22N4O2. The lowest BCUT2D eigenvalue weighted by Crippen LogP contribution is -2.45. The Morgan fingerprint density at radius 2 is 2.04 bits per heavy atom. The third-order valence-corrected chi connectivity index (χ3v) is 4.69. The molecule has 1 aromatic carbocycles. The van der Waals surface area contributed by atoms with Gasteiger partial charge in [-0.15, -0.1) is 0 Å². The number of hydrogen-bond donors (Lipinski definition) is 2. The summed E-state index contributed by atoms with van der Waals surface area (Å²) in [6, 6.07) is 11.0. The molecule has 1 atom stereocenters. The van der Waals surface area contributed by atoms with Crippen LogP contribution in [0.4, 0.5) is 10.5 Å². The van der Waals surface area contributed by atoms with Crippen LogP contribution in [0.2, 0.25) is 0 Å². The Bertz CT molecular complexity index is 828. The Morgan fingerprint density at radius 1 is 1.29 bits per heavy atom. The molecule has 1 aliphatic rings. The highest BCUT2D eigenvalue weighted by Crippen LogP contribution is 2.29. The molecule has 2 heterocycles. The van der Waals surface area contributed by atoms with E-state index in [1.54, 1.807) is 18.0 Å². The summed E-state index contributed by atoms with van der Waals surface area (Å²) < 4.78 is 1.52. The summed E-state index contributed by atoms with van der Waals surface area (Å²) >= 11 is 0. The molecule has 0 saturated carbocycles. The molecule has 2 aromatic rings. The monoisotopic (exact) mass is 326 g/mol. The number of benzene rings is 1. The Balaban J connectivity index is 1.86. The van der Waals surface area contributed by atoms with Crippen molar-refractivity contribution in [2.45, 2.75) is 19.4 Å². The lowest BCUT2D eigenvalue weighted by Gasteiger charge is -2.36. The predicted octanol–water partition coefficient (Wildman–Crippen LogP) is 1.78. The van der Waals surface area contributed by atoms with Crippen molar-refractivity contribution in [3.05, 3.63) is 63.6 Å². The zero-order chi connectivity index (χ0) is 17.3. The highest BCUT2D eigenvalue weighted by Gasteiger charge is 2.30. The van der Waals surface area contributed by atoms with Crippen LogP contribution in [0.5, 0.6) is 0 Å². The van der Waals surface area contributed by atoms with Crippen molar-refractivity contribution in [2.75, 3.05) is 18.4 Å². The first-order chi connectivity index (χ1) is 11.5. The second-order valence-corrected chi connectivity index (χ2v) is 6.08. The number of carbonyl (C=O) groups is 1. The molecule has 126 valence electrons. The van der Waals surface area contributed by atoms with E-state index in [9.17, 15) is 9.59 Å². The predicted molar refractivity (Wildman–Crippen MR) is 94.1 cm³/mol. The van der Waals surface area contributed by atoms with Crippen LogP contribution < -0.4 is 16.6 Å². The molecule has 1 aromatic heterocycles. The van der Waals surface area contributed by atoms with Gasteiger partial charge in [-0.05, 0) is 36.6 Å². The smallest absolute Gasteiger partial charge is 0.322 e. The minimum absolute atomic E-state index is 0.177. The van der Waals surface area contributed by atoms with Crippen molar-refractivity contribution in [3.63, 3.8) is 0 Å². The second kappa shape index (κ2) is 6.49. The molecule has 0 fully saturated rings. The summed E-state index contributed by atoms with van der Waals surface area (Å²) in [6.07, 6.45) is 0.784. The lowest BCUT2D eigenvalue weighted by molar-refractivity contribution is 0.184. The minimum Gasteiger partial charge on any atom is -0.328 e. The molecular weight excluding hydrogens is 304 g/mol. The van der Waals surface area contributed by atoms with Gasteiger partial charge in [0.15, 0.2) is 0 Å². The molecule has 0 spiro atoms. The van der Waals surface area contributed by atoms with Gasteiger partial charge in [-0.1, -0.05) is 24.3 Å². The first kappa shape index (κ1) is 16.3. The summed E-state index contributed by atoms with van der Waals surface area (Å²) in [4.78, 5) is 26.7. The van der Waals surface area contributed by atoms with E-state index in [1.165, 1.54) is 10.1 Å². The summed E-state index contributed by atoms with van der Waals surface area (Å²) in [5.41, 5.74) is 9.13. The molecule has 2 amide bonds. The molecule has 0 radical (unpaired) electrons. The van der Waals surface area contributed by atoms with Crippen molar-refractivity contribution in [1.29, 1.82) is 0 Å². The average Bonchev–Trinajstić information content (AvgIpc) is 2.61. The average molecular weight is 326 g/mol. The Morgan fingerprint density at radius 3 is 2.79 bits per heavy atom. The van der Waals surface area contributed by atoms with E-state index in [-0.39, 0.29) is 23.3 Å². The molecule has 3 rings (SSSR count). The van der Waals surface area contributed by atoms with Crippen molar-refractivity contribution in [2.24, 2.45) is 12.8 Å². The lowest BCUT2D eigenvalue weighted by atomic mass is 9.93. The summed E-state index contributed by atoms with van der Waals surface area (Å²) in [7, 11) is 1.69. The number of pyridine rings is 1. The normalized spacial score (nSPS) is 16.6. The van der Waals surface area contributed by atoms with Crippen molar-refractivity contribution < 1.29 is 4.79 Å². The van der Waals surface area contributed by atoms with Gasteiger partial charge in [0, 0.05) is 25.8 Å². The van der Waals surface area contributed by atoms with Crippen LogP contribution in [0.3, 0.4) is 0 Å². The van der Waals surface area contributed by atoms with Crippen molar-refractivity contribution in [1.82, 2.24) is 9.47 Å². The molecule has 24 heavy (non-hydrogen) atoms. The van der Waals surface area contributed by atoms with E-state index in [2.05, 4.69) is 11.4 Å². The number of urea groups is 1. The van der Waals surface area contributed by atoms with Gasteiger partial charge < -0.3 is 20.5 Å². The van der Waals surface area contributed by atoms with Gasteiger partial charge in [-0.2, -0.15) is 0 Å². The van der Waals surface area contributed by atoms with Crippen LogP contribution in [0, 0.1) is 6.92 Å². The van der Waals surface area contributed by atoms with Crippen LogP contribution in [0.1, 0.15) is 22.9 Å². The molecule has 1 unspecified atom stereocenters. The highest BCUT2D eigenvalue weighted by molar-refractivity contribution is 5.89. The number of aromatic nitrogens is 1. The first-order valence-corrected chi connectivity index (χ1v) is 8.05. The number of nitrogens with zero attached hydrogens (tertiary/aromatic N) is 2. The van der Waals surface area contributed by atoms with Gasteiger partial charge in [-0.3, -0.25) is 4.79 Å². The summed E-state index contributed by atoms with van der Waals surface area (Å²) in [6.45, 7) is 2.77. The maximum atomic E-state index is 12.7. The number of anilines is 1. The van der Waals surface area contributed by atoms with Crippen LogP contribution in [0.15, 0.2) is 41.2 Å². The highest BCUT2D eigenvalue weighted by atomic mass is 16.2. The Hall–Kier alpha value is -2.60. The van der Waals surface area contributed by atoms with Gasteiger partial charge in [0.2, 0.25) is 0 Å². The first-order valence-electron chi connectivity index (χ1n) is 8.05. The zero-order valence-electron chi connectivity index (χ0n) is 14.0. The number of rotatable bonds is 2. The number of amides is 2. The Labute approximate surface area is 140 Å². The van der Waals surface area contributed by atoms with Crippen LogP contribution in [-0.2, 0) is 13.5 Å². The molecule has 1 aliphatic heterocycles.